The molecule has 0 unspecified atom stereocenters. The van der Waals surface area contributed by atoms with Crippen LogP contribution >= 0.6 is 11.3 Å². The van der Waals surface area contributed by atoms with E-state index in [0.717, 1.165) is 37.5 Å². The van der Waals surface area contributed by atoms with Crippen molar-refractivity contribution >= 4 is 17.2 Å². The van der Waals surface area contributed by atoms with E-state index < -0.39 is 0 Å². The lowest BCUT2D eigenvalue weighted by atomic mass is 9.88. The fourth-order valence-electron chi connectivity index (χ4n) is 6.76. The number of hydrogen-bond donors (Lipinski definition) is 1. The fourth-order valence-corrected chi connectivity index (χ4v) is 7.57. The number of nitrogens with one attached hydrogen (secondary N) is 1. The number of carbonyl (C=O) groups is 1. The van der Waals surface area contributed by atoms with E-state index in [1.165, 1.54) is 49.8 Å². The van der Waals surface area contributed by atoms with Gasteiger partial charge in [-0.15, -0.1) is 21.5 Å². The molecule has 2 saturated heterocycles. The van der Waals surface area contributed by atoms with Crippen LogP contribution in [0.4, 0.5) is 0 Å². The molecule has 34 heavy (non-hydrogen) atoms. The van der Waals surface area contributed by atoms with E-state index in [1.54, 1.807) is 11.3 Å². The topological polar surface area (TPSA) is 63.1 Å². The predicted octanol–water partition coefficient (Wildman–Crippen LogP) is 5.77. The van der Waals surface area contributed by atoms with Gasteiger partial charge in [-0.2, -0.15) is 0 Å². The van der Waals surface area contributed by atoms with Crippen LogP contribution in [0, 0.1) is 12.8 Å². The maximum atomic E-state index is 13.1. The Labute approximate surface area is 208 Å². The minimum Gasteiger partial charge on any atom is -0.348 e. The van der Waals surface area contributed by atoms with Crippen LogP contribution in [0.1, 0.15) is 113 Å². The SMILES string of the molecule is Cc1nnc(C(C)C)n1C1C[C@@H]2CC[C@@H](C1)N2CC[C@H](NC(=O)C1CCCCC1)c1cccs1. The first-order chi connectivity index (χ1) is 16.5. The molecule has 2 bridgehead atoms. The summed E-state index contributed by atoms with van der Waals surface area (Å²) in [6.45, 7) is 7.60. The highest BCUT2D eigenvalue weighted by Gasteiger charge is 2.42. The molecule has 6 nitrogen and oxygen atoms in total. The van der Waals surface area contributed by atoms with Gasteiger partial charge in [0.1, 0.15) is 11.6 Å². The molecule has 7 heteroatoms. The summed E-state index contributed by atoms with van der Waals surface area (Å²) >= 11 is 1.78. The van der Waals surface area contributed by atoms with Crippen LogP contribution in [-0.2, 0) is 4.79 Å². The first kappa shape index (κ1) is 24.0. The maximum absolute atomic E-state index is 13.1. The van der Waals surface area contributed by atoms with Crippen molar-refractivity contribution in [1.29, 1.82) is 0 Å². The Morgan fingerprint density at radius 2 is 1.82 bits per heavy atom. The number of rotatable bonds is 8. The second-order valence-corrected chi connectivity index (χ2v) is 12.1. The van der Waals surface area contributed by atoms with Crippen molar-refractivity contribution in [3.63, 3.8) is 0 Å². The third-order valence-electron chi connectivity index (χ3n) is 8.49. The number of aromatic nitrogens is 3. The van der Waals surface area contributed by atoms with Gasteiger partial charge in [0.25, 0.3) is 0 Å². The summed E-state index contributed by atoms with van der Waals surface area (Å²) in [5.74, 6) is 3.09. The van der Waals surface area contributed by atoms with E-state index in [0.29, 0.717) is 24.0 Å². The molecule has 3 atom stereocenters. The molecule has 0 aromatic carbocycles. The maximum Gasteiger partial charge on any atom is 0.223 e. The van der Waals surface area contributed by atoms with Gasteiger partial charge in [0, 0.05) is 41.4 Å². The lowest BCUT2D eigenvalue weighted by Crippen LogP contribution is -2.45. The first-order valence-corrected chi connectivity index (χ1v) is 14.4. The van der Waals surface area contributed by atoms with E-state index in [2.05, 4.69) is 63.3 Å². The summed E-state index contributed by atoms with van der Waals surface area (Å²) in [4.78, 5) is 17.1. The Bertz CT molecular complexity index is 934. The predicted molar refractivity (Wildman–Crippen MR) is 137 cm³/mol. The number of thiophene rings is 1. The quantitative estimate of drug-likeness (QED) is 0.518. The van der Waals surface area contributed by atoms with Crippen LogP contribution in [-0.4, -0.2) is 44.2 Å². The first-order valence-electron chi connectivity index (χ1n) is 13.5. The Hall–Kier alpha value is -1.73. The zero-order valence-electron chi connectivity index (χ0n) is 21.1. The van der Waals surface area contributed by atoms with Crippen molar-refractivity contribution in [3.05, 3.63) is 34.0 Å². The monoisotopic (exact) mass is 483 g/mol. The summed E-state index contributed by atoms with van der Waals surface area (Å²) in [7, 11) is 0. The average Bonchev–Trinajstić information content (AvgIpc) is 3.55. The molecule has 1 amide bonds. The number of nitrogens with zero attached hydrogens (tertiary/aromatic N) is 4. The zero-order valence-corrected chi connectivity index (χ0v) is 21.9. The molecule has 186 valence electrons. The number of fused-ring (bicyclic) bond motifs is 2. The highest BCUT2D eigenvalue weighted by molar-refractivity contribution is 7.10. The van der Waals surface area contributed by atoms with E-state index in [4.69, 9.17) is 0 Å². The van der Waals surface area contributed by atoms with Gasteiger partial charge in [0.2, 0.25) is 5.91 Å². The Kier molecular flexibility index (Phi) is 7.40. The van der Waals surface area contributed by atoms with Crippen molar-refractivity contribution in [2.24, 2.45) is 5.92 Å². The van der Waals surface area contributed by atoms with Crippen molar-refractivity contribution in [2.75, 3.05) is 6.54 Å². The highest BCUT2D eigenvalue weighted by atomic mass is 32.1. The second kappa shape index (κ2) is 10.5. The summed E-state index contributed by atoms with van der Waals surface area (Å²) < 4.78 is 2.44. The number of carbonyl (C=O) groups excluding carboxylic acids is 1. The molecule has 5 rings (SSSR count). The van der Waals surface area contributed by atoms with Crippen LogP contribution in [0.3, 0.4) is 0 Å². The molecular weight excluding hydrogens is 442 g/mol. The third kappa shape index (κ3) is 4.97. The molecule has 0 spiro atoms. The molecular formula is C27H41N5OS. The minimum atomic E-state index is 0.138. The number of piperidine rings is 1. The van der Waals surface area contributed by atoms with Crippen LogP contribution in [0.15, 0.2) is 17.5 Å². The molecule has 1 N–H and O–H groups in total. The summed E-state index contributed by atoms with van der Waals surface area (Å²) in [5.41, 5.74) is 0. The summed E-state index contributed by atoms with van der Waals surface area (Å²) in [5, 5.41) is 14.5. The third-order valence-corrected chi connectivity index (χ3v) is 9.47. The zero-order chi connectivity index (χ0) is 23.7. The van der Waals surface area contributed by atoms with E-state index in [1.807, 2.05) is 0 Å². The Morgan fingerprint density at radius 3 is 2.47 bits per heavy atom. The molecule has 2 aromatic heterocycles. The van der Waals surface area contributed by atoms with Gasteiger partial charge >= 0.3 is 0 Å². The molecule has 2 aliphatic heterocycles. The number of hydrogen-bond acceptors (Lipinski definition) is 5. The normalized spacial score (nSPS) is 26.8. The van der Waals surface area contributed by atoms with Crippen molar-refractivity contribution in [3.8, 4) is 0 Å². The van der Waals surface area contributed by atoms with Gasteiger partial charge in [-0.05, 0) is 63.3 Å². The number of aryl methyl sites for hydroxylation is 1. The molecule has 1 saturated carbocycles. The molecule has 0 radical (unpaired) electrons. The molecule has 3 aliphatic rings. The largest absolute Gasteiger partial charge is 0.348 e. The lowest BCUT2D eigenvalue weighted by molar-refractivity contribution is -0.126. The van der Waals surface area contributed by atoms with Gasteiger partial charge in [-0.3, -0.25) is 9.69 Å². The van der Waals surface area contributed by atoms with Crippen LogP contribution in [0.25, 0.3) is 0 Å². The summed E-state index contributed by atoms with van der Waals surface area (Å²) in [6.07, 6.45) is 11.7. The van der Waals surface area contributed by atoms with Gasteiger partial charge in [-0.25, -0.2) is 0 Å². The van der Waals surface area contributed by atoms with Crippen molar-refractivity contribution in [2.45, 2.75) is 115 Å². The van der Waals surface area contributed by atoms with Gasteiger partial charge in [-0.1, -0.05) is 39.2 Å². The van der Waals surface area contributed by atoms with Gasteiger partial charge < -0.3 is 9.88 Å². The lowest BCUT2D eigenvalue weighted by Gasteiger charge is -2.40. The number of amides is 1. The standard InChI is InChI=1S/C27H41N5OS/c1-18(2)26-30-29-19(3)32(26)23-16-21-11-12-22(17-23)31(21)14-13-24(25-10-7-15-34-25)28-27(33)20-8-5-4-6-9-20/h7,10,15,18,20-24H,4-6,8-9,11-14,16-17H2,1-3H3,(H,28,33)/t21-,22-,24-/m0/s1. The molecule has 1 aliphatic carbocycles. The van der Waals surface area contributed by atoms with Crippen molar-refractivity contribution < 1.29 is 4.79 Å². The van der Waals surface area contributed by atoms with Crippen LogP contribution in [0.5, 0.6) is 0 Å². The highest BCUT2D eigenvalue weighted by Crippen LogP contribution is 2.42. The van der Waals surface area contributed by atoms with Crippen LogP contribution < -0.4 is 5.32 Å². The summed E-state index contributed by atoms with van der Waals surface area (Å²) in [6, 6.07) is 6.22. The van der Waals surface area contributed by atoms with Gasteiger partial charge in [0.15, 0.2) is 0 Å². The Balaban J connectivity index is 1.23. The van der Waals surface area contributed by atoms with E-state index >= 15 is 0 Å². The molecule has 2 aromatic rings. The van der Waals surface area contributed by atoms with E-state index in [-0.39, 0.29) is 17.9 Å². The van der Waals surface area contributed by atoms with Crippen molar-refractivity contribution in [1.82, 2.24) is 25.0 Å². The minimum absolute atomic E-state index is 0.138. The Morgan fingerprint density at radius 1 is 1.09 bits per heavy atom. The van der Waals surface area contributed by atoms with E-state index in [9.17, 15) is 4.79 Å². The van der Waals surface area contributed by atoms with Crippen LogP contribution in [0.2, 0.25) is 0 Å². The van der Waals surface area contributed by atoms with Gasteiger partial charge in [0.05, 0.1) is 6.04 Å². The second-order valence-electron chi connectivity index (χ2n) is 11.1. The fraction of sp³-hybridized carbons (Fsp3) is 0.741. The average molecular weight is 484 g/mol. The molecule has 4 heterocycles. The smallest absolute Gasteiger partial charge is 0.223 e. The molecule has 3 fully saturated rings.